The molecule has 7 heteroatoms. The van der Waals surface area contributed by atoms with E-state index in [0.29, 0.717) is 5.56 Å². The standard InChI is InChI=1S/C27H30N6O/c1-4-7-20-15-33(23-11-10-19(27(29)34)12-18(23)5-2)25-9-6-8-24(26(20)25)32-16-22(31-17-32)21(13-28)14-30-3/h6,8-17,28,30H,4-5,7H2,1-3H3,(H2,29,34)/p+1/b21-14+,28-13?. The van der Waals surface area contributed by atoms with Crippen LogP contribution in [0.1, 0.15) is 47.4 Å². The van der Waals surface area contributed by atoms with E-state index in [9.17, 15) is 4.79 Å². The number of allylic oxidation sites excluding steroid dienone is 1. The highest BCUT2D eigenvalue weighted by atomic mass is 16.1. The highest BCUT2D eigenvalue weighted by molar-refractivity contribution is 6.07. The first-order chi connectivity index (χ1) is 16.5. The number of hydrogen-bond acceptors (Lipinski definition) is 3. The number of amides is 1. The van der Waals surface area contributed by atoms with Crippen molar-refractivity contribution in [3.8, 4) is 11.4 Å². The summed E-state index contributed by atoms with van der Waals surface area (Å²) in [5.74, 6) is -0.414. The molecule has 7 nitrogen and oxygen atoms in total. The third kappa shape index (κ3) is 4.18. The molecule has 2 aromatic heterocycles. The van der Waals surface area contributed by atoms with E-state index >= 15 is 0 Å². The number of hydrogen-bond donors (Lipinski definition) is 3. The number of nitrogens with zero attached hydrogens (tertiary/aromatic N) is 3. The Bertz CT molecular complexity index is 1390. The van der Waals surface area contributed by atoms with Gasteiger partial charge in [0.05, 0.1) is 35.8 Å². The van der Waals surface area contributed by atoms with E-state index in [0.717, 1.165) is 53.0 Å². The predicted octanol–water partition coefficient (Wildman–Crippen LogP) is 3.61. The lowest BCUT2D eigenvalue weighted by molar-refractivity contribution is -0.555. The predicted molar refractivity (Wildman–Crippen MR) is 137 cm³/mol. The zero-order valence-electron chi connectivity index (χ0n) is 19.9. The van der Waals surface area contributed by atoms with Crippen LogP contribution in [-0.4, -0.2) is 33.3 Å². The van der Waals surface area contributed by atoms with E-state index in [1.54, 1.807) is 6.07 Å². The molecule has 4 rings (SSSR count). The van der Waals surface area contributed by atoms with Gasteiger partial charge in [0.2, 0.25) is 5.91 Å². The average molecular weight is 456 g/mol. The van der Waals surface area contributed by atoms with Crippen LogP contribution >= 0.6 is 0 Å². The number of nitrogens with one attached hydrogen (secondary N) is 1. The highest BCUT2D eigenvalue weighted by Gasteiger charge is 2.17. The molecule has 0 atom stereocenters. The van der Waals surface area contributed by atoms with Crippen LogP contribution in [0.4, 0.5) is 0 Å². The third-order valence-electron chi connectivity index (χ3n) is 6.07. The van der Waals surface area contributed by atoms with Gasteiger partial charge in [0.25, 0.3) is 0 Å². The second-order valence-corrected chi connectivity index (χ2v) is 8.27. The molecule has 1 amide bonds. The number of imidazole rings is 1. The van der Waals surface area contributed by atoms with Gasteiger partial charge >= 0.3 is 0 Å². The van der Waals surface area contributed by atoms with E-state index in [1.807, 2.05) is 47.8 Å². The molecular formula is C27H31N6O+. The van der Waals surface area contributed by atoms with Crippen molar-refractivity contribution in [2.24, 2.45) is 5.73 Å². The van der Waals surface area contributed by atoms with E-state index in [-0.39, 0.29) is 0 Å². The lowest BCUT2D eigenvalue weighted by atomic mass is 10.1. The van der Waals surface area contributed by atoms with Crippen LogP contribution in [-0.2, 0) is 12.8 Å². The first-order valence-electron chi connectivity index (χ1n) is 11.6. The molecule has 0 aliphatic heterocycles. The number of fused-ring (bicyclic) bond motifs is 1. The van der Waals surface area contributed by atoms with Crippen LogP contribution < -0.4 is 11.1 Å². The van der Waals surface area contributed by atoms with Gasteiger partial charge in [-0.1, -0.05) is 26.3 Å². The maximum atomic E-state index is 11.7. The molecule has 0 saturated carbocycles. The molecule has 0 radical (unpaired) electrons. The Morgan fingerprint density at radius 2 is 1.97 bits per heavy atom. The number of carbonyl (C=O) groups excluding carboxylic acids is 1. The van der Waals surface area contributed by atoms with Gasteiger partial charge in [-0.2, -0.15) is 0 Å². The smallest absolute Gasteiger partial charge is 0.248 e. The van der Waals surface area contributed by atoms with Gasteiger partial charge in [0.1, 0.15) is 6.20 Å². The van der Waals surface area contributed by atoms with Gasteiger partial charge in [-0.3, -0.25) is 4.79 Å². The number of carbonyl (C=O) groups is 1. The Morgan fingerprint density at radius 3 is 2.65 bits per heavy atom. The largest absolute Gasteiger partial charge is 0.366 e. The number of nitrogens with two attached hydrogens (primary N) is 2. The van der Waals surface area contributed by atoms with Crippen LogP contribution in [0.25, 0.3) is 27.9 Å². The molecule has 2 heterocycles. The van der Waals surface area contributed by atoms with Crippen molar-refractivity contribution < 1.29 is 10.1 Å². The first kappa shape index (κ1) is 23.2. The molecule has 0 aliphatic rings. The van der Waals surface area contributed by atoms with Gasteiger partial charge in [0, 0.05) is 35.2 Å². The number of benzene rings is 2. The molecule has 174 valence electrons. The van der Waals surface area contributed by atoms with Crippen LogP contribution in [0.2, 0.25) is 0 Å². The number of rotatable bonds is 9. The summed E-state index contributed by atoms with van der Waals surface area (Å²) in [6.45, 7) is 4.27. The second kappa shape index (κ2) is 9.89. The van der Waals surface area contributed by atoms with E-state index in [1.165, 1.54) is 17.2 Å². The Morgan fingerprint density at radius 1 is 1.15 bits per heavy atom. The Balaban J connectivity index is 1.92. The van der Waals surface area contributed by atoms with Crippen LogP contribution in [0, 0.1) is 5.41 Å². The fourth-order valence-corrected chi connectivity index (χ4v) is 4.47. The number of aromatic nitrogens is 3. The summed E-state index contributed by atoms with van der Waals surface area (Å²) in [5.41, 5.74) is 13.1. The Kier molecular flexibility index (Phi) is 6.75. The van der Waals surface area contributed by atoms with Crippen molar-refractivity contribution in [1.29, 1.82) is 5.41 Å². The van der Waals surface area contributed by atoms with Gasteiger partial charge in [0.15, 0.2) is 0 Å². The van der Waals surface area contributed by atoms with Crippen molar-refractivity contribution in [3.05, 3.63) is 83.7 Å². The zero-order valence-corrected chi connectivity index (χ0v) is 19.9. The number of primary amides is 1. The van der Waals surface area contributed by atoms with Gasteiger partial charge in [-0.05, 0) is 54.3 Å². The minimum absolute atomic E-state index is 0.414. The molecule has 5 N–H and O–H groups in total. The normalized spacial score (nSPS) is 11.8. The SMILES string of the molecule is CCCc1cn(-c2ccc(C(N)=O)cc2CC)c2cccc(-n3cnc(/C(C=N)=C/[NH2+]C)c3)c12. The van der Waals surface area contributed by atoms with Crippen molar-refractivity contribution in [1.82, 2.24) is 14.1 Å². The molecule has 0 saturated heterocycles. The Labute approximate surface area is 199 Å². The van der Waals surface area contributed by atoms with Gasteiger partial charge in [-0.15, -0.1) is 0 Å². The summed E-state index contributed by atoms with van der Waals surface area (Å²) >= 11 is 0. The van der Waals surface area contributed by atoms with Gasteiger partial charge < -0.3 is 25.6 Å². The van der Waals surface area contributed by atoms with Crippen LogP contribution in [0.15, 0.2) is 61.3 Å². The quantitative estimate of drug-likeness (QED) is 0.335. The summed E-state index contributed by atoms with van der Waals surface area (Å²) in [4.78, 5) is 16.3. The van der Waals surface area contributed by atoms with E-state index in [4.69, 9.17) is 11.1 Å². The molecule has 0 unspecified atom stereocenters. The average Bonchev–Trinajstić information content (AvgIpc) is 3.48. The fourth-order valence-electron chi connectivity index (χ4n) is 4.47. The van der Waals surface area contributed by atoms with E-state index in [2.05, 4.69) is 47.8 Å². The monoisotopic (exact) mass is 455 g/mol. The summed E-state index contributed by atoms with van der Waals surface area (Å²) < 4.78 is 4.26. The van der Waals surface area contributed by atoms with Crippen molar-refractivity contribution in [3.63, 3.8) is 0 Å². The third-order valence-corrected chi connectivity index (χ3v) is 6.07. The molecule has 0 fully saturated rings. The lowest BCUT2D eigenvalue weighted by Gasteiger charge is -2.13. The minimum Gasteiger partial charge on any atom is -0.366 e. The summed E-state index contributed by atoms with van der Waals surface area (Å²) in [5, 5.41) is 10.8. The van der Waals surface area contributed by atoms with E-state index < -0.39 is 5.91 Å². The van der Waals surface area contributed by atoms with Crippen molar-refractivity contribution in [2.75, 3.05) is 7.05 Å². The molecule has 2 aromatic carbocycles. The maximum absolute atomic E-state index is 11.7. The van der Waals surface area contributed by atoms with Crippen molar-refractivity contribution >= 4 is 28.6 Å². The van der Waals surface area contributed by atoms with Crippen LogP contribution in [0.3, 0.4) is 0 Å². The topological polar surface area (TPSA) is 106 Å². The molecule has 34 heavy (non-hydrogen) atoms. The lowest BCUT2D eigenvalue weighted by Crippen LogP contribution is -2.72. The fraction of sp³-hybridized carbons (Fsp3) is 0.222. The molecule has 0 bridgehead atoms. The van der Waals surface area contributed by atoms with Gasteiger partial charge in [-0.25, -0.2) is 4.98 Å². The van der Waals surface area contributed by atoms with Crippen molar-refractivity contribution in [2.45, 2.75) is 33.1 Å². The minimum atomic E-state index is -0.414. The molecule has 0 aliphatic carbocycles. The summed E-state index contributed by atoms with van der Waals surface area (Å²) in [7, 11) is 1.93. The molecule has 0 spiro atoms. The summed E-state index contributed by atoms with van der Waals surface area (Å²) in [6, 6.07) is 12.0. The molecule has 4 aromatic rings. The Hall–Kier alpha value is -3.97. The molecular weight excluding hydrogens is 424 g/mol. The summed E-state index contributed by atoms with van der Waals surface area (Å²) in [6.07, 6.45) is 12.0. The first-order valence-corrected chi connectivity index (χ1v) is 11.6. The number of aryl methyl sites for hydroxylation is 2. The number of quaternary nitrogens is 1. The van der Waals surface area contributed by atoms with Crippen LogP contribution in [0.5, 0.6) is 0 Å². The highest BCUT2D eigenvalue weighted by Crippen LogP contribution is 2.33. The zero-order chi connectivity index (χ0) is 24.2. The maximum Gasteiger partial charge on any atom is 0.248 e. The second-order valence-electron chi connectivity index (χ2n) is 8.27.